The Balaban J connectivity index is 1.66. The lowest BCUT2D eigenvalue weighted by molar-refractivity contribution is -0.385. The molecule has 3 aromatic carbocycles. The molecule has 9 nitrogen and oxygen atoms in total. The minimum absolute atomic E-state index is 0.0351. The zero-order valence-electron chi connectivity index (χ0n) is 18.8. The maximum absolute atomic E-state index is 12.8. The molecule has 0 N–H and O–H groups in total. The number of nitro benzene ring substituents is 1. The molecule has 0 heterocycles. The van der Waals surface area contributed by atoms with Crippen LogP contribution < -0.4 is 4.74 Å². The number of halogens is 5. The van der Waals surface area contributed by atoms with Gasteiger partial charge in [-0.15, -0.1) is 0 Å². The highest BCUT2D eigenvalue weighted by Gasteiger charge is 2.31. The fourth-order valence-electron chi connectivity index (χ4n) is 2.96. The summed E-state index contributed by atoms with van der Waals surface area (Å²) < 4.78 is 53.5. The van der Waals surface area contributed by atoms with Crippen LogP contribution in [-0.4, -0.2) is 35.9 Å². The molecule has 0 aliphatic carbocycles. The average molecular weight is 572 g/mol. The lowest BCUT2D eigenvalue weighted by Gasteiger charge is -2.12. The summed E-state index contributed by atoms with van der Waals surface area (Å²) in [5.74, 6) is -3.86. The van der Waals surface area contributed by atoms with E-state index >= 15 is 0 Å². The number of ketones is 1. The number of rotatable bonds is 9. The highest BCUT2D eigenvalue weighted by atomic mass is 35.5. The maximum Gasteiger partial charge on any atom is 0.416 e. The van der Waals surface area contributed by atoms with Crippen molar-refractivity contribution in [1.82, 2.24) is 0 Å². The van der Waals surface area contributed by atoms with Crippen molar-refractivity contribution in [3.05, 3.63) is 97.5 Å². The molecular weight excluding hydrogens is 558 g/mol. The van der Waals surface area contributed by atoms with Crippen molar-refractivity contribution in [3.8, 4) is 11.5 Å². The lowest BCUT2D eigenvalue weighted by atomic mass is 10.1. The topological polar surface area (TPSA) is 122 Å². The second-order valence-corrected chi connectivity index (χ2v) is 8.08. The Morgan fingerprint density at radius 3 is 2.18 bits per heavy atom. The van der Waals surface area contributed by atoms with Gasteiger partial charge in [0.1, 0.15) is 30.3 Å². The fraction of sp³-hybridized carbons (Fsp3) is 0.125. The molecule has 14 heteroatoms. The summed E-state index contributed by atoms with van der Waals surface area (Å²) in [5.41, 5.74) is -2.32. The van der Waals surface area contributed by atoms with Gasteiger partial charge in [-0.05, 0) is 36.4 Å². The molecule has 0 aliphatic rings. The maximum atomic E-state index is 12.8. The summed E-state index contributed by atoms with van der Waals surface area (Å²) in [6, 6.07) is 11.0. The lowest BCUT2D eigenvalue weighted by Crippen LogP contribution is -2.21. The molecule has 0 amide bonds. The fourth-order valence-corrected chi connectivity index (χ4v) is 3.40. The third kappa shape index (κ3) is 6.99. The molecule has 198 valence electrons. The molecule has 0 spiro atoms. The van der Waals surface area contributed by atoms with Crippen LogP contribution in [-0.2, 0) is 20.4 Å². The van der Waals surface area contributed by atoms with E-state index in [1.54, 1.807) is 6.07 Å². The highest BCUT2D eigenvalue weighted by Crippen LogP contribution is 2.37. The minimum Gasteiger partial charge on any atom is -0.458 e. The molecule has 0 fully saturated rings. The molecule has 0 aromatic heterocycles. The van der Waals surface area contributed by atoms with E-state index in [1.165, 1.54) is 18.2 Å². The number of esters is 2. The second kappa shape index (κ2) is 11.9. The van der Waals surface area contributed by atoms with Crippen LogP contribution in [0, 0.1) is 10.1 Å². The van der Waals surface area contributed by atoms with Crippen LogP contribution in [0.1, 0.15) is 26.3 Å². The van der Waals surface area contributed by atoms with Gasteiger partial charge in [0.05, 0.1) is 20.5 Å². The first-order valence-corrected chi connectivity index (χ1v) is 11.1. The van der Waals surface area contributed by atoms with Gasteiger partial charge >= 0.3 is 18.1 Å². The Morgan fingerprint density at radius 1 is 0.868 bits per heavy atom. The summed E-state index contributed by atoms with van der Waals surface area (Å²) in [7, 11) is 0. The molecule has 0 saturated carbocycles. The summed E-state index contributed by atoms with van der Waals surface area (Å²) >= 11 is 11.7. The van der Waals surface area contributed by atoms with Crippen LogP contribution in [0.3, 0.4) is 0 Å². The van der Waals surface area contributed by atoms with Crippen molar-refractivity contribution in [2.45, 2.75) is 6.18 Å². The number of alkyl halides is 3. The molecule has 0 radical (unpaired) electrons. The van der Waals surface area contributed by atoms with E-state index in [9.17, 15) is 37.7 Å². The molecule has 0 bridgehead atoms. The van der Waals surface area contributed by atoms with Crippen LogP contribution in [0.15, 0.2) is 60.7 Å². The van der Waals surface area contributed by atoms with Gasteiger partial charge in [-0.3, -0.25) is 14.9 Å². The van der Waals surface area contributed by atoms with Gasteiger partial charge in [0, 0.05) is 17.7 Å². The Hall–Kier alpha value is -4.16. The van der Waals surface area contributed by atoms with Gasteiger partial charge in [-0.25, -0.2) is 9.59 Å². The van der Waals surface area contributed by atoms with Crippen LogP contribution in [0.2, 0.25) is 10.0 Å². The molecule has 3 aromatic rings. The van der Waals surface area contributed by atoms with E-state index in [4.69, 9.17) is 37.4 Å². The molecule has 0 saturated heterocycles. The van der Waals surface area contributed by atoms with Crippen LogP contribution in [0.25, 0.3) is 0 Å². The number of carbonyl (C=O) groups excluding carboxylic acids is 3. The Kier molecular flexibility index (Phi) is 8.92. The van der Waals surface area contributed by atoms with Crippen molar-refractivity contribution in [2.24, 2.45) is 0 Å². The highest BCUT2D eigenvalue weighted by molar-refractivity contribution is 6.45. The van der Waals surface area contributed by atoms with Crippen molar-refractivity contribution < 1.29 is 46.7 Å². The van der Waals surface area contributed by atoms with E-state index < -0.39 is 63.9 Å². The molecule has 3 rings (SSSR count). The van der Waals surface area contributed by atoms with E-state index in [0.29, 0.717) is 6.07 Å². The second-order valence-electron chi connectivity index (χ2n) is 7.26. The largest absolute Gasteiger partial charge is 0.458 e. The van der Waals surface area contributed by atoms with Crippen LogP contribution >= 0.6 is 23.2 Å². The van der Waals surface area contributed by atoms with Crippen LogP contribution in [0.4, 0.5) is 18.9 Å². The van der Waals surface area contributed by atoms with Crippen molar-refractivity contribution >= 4 is 46.6 Å². The van der Waals surface area contributed by atoms with E-state index in [2.05, 4.69) is 0 Å². The summed E-state index contributed by atoms with van der Waals surface area (Å²) in [5, 5.41) is 11.0. The molecule has 0 atom stereocenters. The SMILES string of the molecule is O=C(OCCOC(=O)c1cc(Oc2ccc(C(F)(F)F)cc2Cl)ccc1[N+](=O)[O-])C(=O)c1ccccc1Cl. The predicted octanol–water partition coefficient (Wildman–Crippen LogP) is 6.30. The number of hydrogen-bond acceptors (Lipinski definition) is 8. The Labute approximate surface area is 221 Å². The molecule has 0 aliphatic heterocycles. The first kappa shape index (κ1) is 28.4. The van der Waals surface area contributed by atoms with Crippen molar-refractivity contribution in [1.29, 1.82) is 0 Å². The smallest absolute Gasteiger partial charge is 0.416 e. The van der Waals surface area contributed by atoms with Crippen molar-refractivity contribution in [2.75, 3.05) is 13.2 Å². The zero-order chi connectivity index (χ0) is 28.0. The molecule has 38 heavy (non-hydrogen) atoms. The third-order valence-corrected chi connectivity index (χ3v) is 5.35. The number of ether oxygens (including phenoxy) is 3. The minimum atomic E-state index is -4.64. The number of nitro groups is 1. The van der Waals surface area contributed by atoms with Gasteiger partial charge < -0.3 is 14.2 Å². The Morgan fingerprint density at radius 2 is 1.55 bits per heavy atom. The standard InChI is InChI=1S/C24H14Cl2F3NO8/c25-17-4-2-1-3-15(17)21(31)23(33)37-10-9-36-22(32)16-12-14(6-7-19(16)30(34)35)38-20-8-5-13(11-18(20)26)24(27,28)29/h1-8,11-12H,9-10H2. The number of hydrogen-bond donors (Lipinski definition) is 0. The number of benzene rings is 3. The van der Waals surface area contributed by atoms with Crippen LogP contribution in [0.5, 0.6) is 11.5 Å². The van der Waals surface area contributed by atoms with E-state index in [0.717, 1.165) is 30.3 Å². The Bertz CT molecular complexity index is 1410. The van der Waals surface area contributed by atoms with Gasteiger partial charge in [-0.2, -0.15) is 13.2 Å². The number of nitrogens with zero attached hydrogens (tertiary/aromatic N) is 1. The van der Waals surface area contributed by atoms with Gasteiger partial charge in [0.2, 0.25) is 0 Å². The van der Waals surface area contributed by atoms with Gasteiger partial charge in [0.15, 0.2) is 0 Å². The average Bonchev–Trinajstić information content (AvgIpc) is 2.86. The zero-order valence-corrected chi connectivity index (χ0v) is 20.3. The summed E-state index contributed by atoms with van der Waals surface area (Å²) in [6.45, 7) is -1.11. The predicted molar refractivity (Wildman–Crippen MR) is 127 cm³/mol. The molecule has 0 unspecified atom stereocenters. The number of Topliss-reactive ketones (excluding diaryl/α,β-unsaturated/α-hetero) is 1. The quantitative estimate of drug-likeness (QED) is 0.0732. The first-order valence-electron chi connectivity index (χ1n) is 10.3. The van der Waals surface area contributed by atoms with E-state index in [-0.39, 0.29) is 22.1 Å². The first-order chi connectivity index (χ1) is 17.9. The summed E-state index contributed by atoms with van der Waals surface area (Å²) in [6.07, 6.45) is -4.64. The van der Waals surface area contributed by atoms with Crippen molar-refractivity contribution in [3.63, 3.8) is 0 Å². The van der Waals surface area contributed by atoms with E-state index in [1.807, 2.05) is 0 Å². The normalized spacial score (nSPS) is 11.0. The monoisotopic (exact) mass is 571 g/mol. The van der Waals surface area contributed by atoms with Gasteiger partial charge in [-0.1, -0.05) is 35.3 Å². The van der Waals surface area contributed by atoms with Gasteiger partial charge in [0.25, 0.3) is 11.5 Å². The number of carbonyl (C=O) groups is 3. The molecular formula is C24H14Cl2F3NO8. The third-order valence-electron chi connectivity index (χ3n) is 4.73. The summed E-state index contributed by atoms with van der Waals surface area (Å²) in [4.78, 5) is 47.0.